The average Bonchev–Trinajstić information content (AvgIpc) is 2.56. The molecule has 2 nitrogen and oxygen atoms in total. The highest BCUT2D eigenvalue weighted by Crippen LogP contribution is 2.19. The zero-order valence-corrected chi connectivity index (χ0v) is 12.4. The Kier molecular flexibility index (Phi) is 3.98. The van der Waals surface area contributed by atoms with Crippen LogP contribution in [-0.2, 0) is 6.54 Å². The zero-order valence-electron chi connectivity index (χ0n) is 8.66. The first kappa shape index (κ1) is 12.8. The molecule has 17 heavy (non-hydrogen) atoms. The first-order chi connectivity index (χ1) is 8.11. The fourth-order valence-electron chi connectivity index (χ4n) is 1.56. The highest BCUT2D eigenvalue weighted by Gasteiger charge is 2.12. The minimum absolute atomic E-state index is 0.387. The van der Waals surface area contributed by atoms with Gasteiger partial charge in [0.25, 0.3) is 0 Å². The van der Waals surface area contributed by atoms with E-state index in [9.17, 15) is 9.18 Å². The Morgan fingerprint density at radius 1 is 1.41 bits per heavy atom. The summed E-state index contributed by atoms with van der Waals surface area (Å²) in [6.07, 6.45) is 0.669. The van der Waals surface area contributed by atoms with Gasteiger partial charge in [-0.2, -0.15) is 4.39 Å². The molecule has 0 saturated carbocycles. The standard InChI is InChI=1S/C12H8BrFINO/c13-10-3-1-2-8(4-10)6-16-11(14)5-9(7-17)12(16)15/h1-5,7H,6H2. The van der Waals surface area contributed by atoms with Gasteiger partial charge in [0.05, 0.1) is 10.2 Å². The van der Waals surface area contributed by atoms with Crippen LogP contribution in [0.25, 0.3) is 0 Å². The van der Waals surface area contributed by atoms with Crippen molar-refractivity contribution in [3.63, 3.8) is 0 Å². The van der Waals surface area contributed by atoms with Gasteiger partial charge in [-0.3, -0.25) is 4.79 Å². The van der Waals surface area contributed by atoms with E-state index in [0.29, 0.717) is 22.1 Å². The molecule has 0 radical (unpaired) electrons. The molecule has 0 fully saturated rings. The van der Waals surface area contributed by atoms with Gasteiger partial charge in [0.2, 0.25) is 0 Å². The van der Waals surface area contributed by atoms with Gasteiger partial charge in [-0.15, -0.1) is 0 Å². The van der Waals surface area contributed by atoms with Crippen molar-refractivity contribution in [2.75, 3.05) is 0 Å². The van der Waals surface area contributed by atoms with Gasteiger partial charge in [-0.25, -0.2) is 0 Å². The Hall–Kier alpha value is -0.690. The van der Waals surface area contributed by atoms with Crippen LogP contribution in [0.15, 0.2) is 34.8 Å². The lowest BCUT2D eigenvalue weighted by Crippen LogP contribution is -2.04. The second-order valence-corrected chi connectivity index (χ2v) is 5.48. The van der Waals surface area contributed by atoms with Crippen molar-refractivity contribution in [3.05, 3.63) is 55.6 Å². The molecule has 0 saturated heterocycles. The molecule has 2 rings (SSSR count). The summed E-state index contributed by atoms with van der Waals surface area (Å²) >= 11 is 5.35. The molecule has 0 atom stereocenters. The number of benzene rings is 1. The summed E-state index contributed by atoms with van der Waals surface area (Å²) in [6, 6.07) is 8.91. The topological polar surface area (TPSA) is 22.0 Å². The van der Waals surface area contributed by atoms with Gasteiger partial charge in [-0.05, 0) is 40.3 Å². The van der Waals surface area contributed by atoms with Crippen LogP contribution in [0.2, 0.25) is 0 Å². The molecule has 1 aromatic carbocycles. The third-order valence-electron chi connectivity index (χ3n) is 2.36. The molecule has 0 spiro atoms. The average molecular weight is 408 g/mol. The normalized spacial score (nSPS) is 10.5. The highest BCUT2D eigenvalue weighted by molar-refractivity contribution is 14.1. The van der Waals surface area contributed by atoms with Crippen molar-refractivity contribution < 1.29 is 9.18 Å². The molecular weight excluding hydrogens is 400 g/mol. The maximum absolute atomic E-state index is 13.6. The Morgan fingerprint density at radius 3 is 2.76 bits per heavy atom. The molecule has 0 amide bonds. The summed E-state index contributed by atoms with van der Waals surface area (Å²) in [5.74, 6) is -0.392. The third-order valence-corrected chi connectivity index (χ3v) is 4.06. The Labute approximate surface area is 120 Å². The molecule has 5 heteroatoms. The largest absolute Gasteiger partial charge is 0.308 e. The van der Waals surface area contributed by atoms with Crippen molar-refractivity contribution in [2.45, 2.75) is 6.54 Å². The lowest BCUT2D eigenvalue weighted by molar-refractivity contribution is 0.112. The summed E-state index contributed by atoms with van der Waals surface area (Å²) < 4.78 is 16.7. The van der Waals surface area contributed by atoms with Crippen LogP contribution >= 0.6 is 38.5 Å². The van der Waals surface area contributed by atoms with Crippen LogP contribution in [0, 0.1) is 9.65 Å². The maximum Gasteiger partial charge on any atom is 0.195 e. The maximum atomic E-state index is 13.6. The van der Waals surface area contributed by atoms with Gasteiger partial charge in [0.15, 0.2) is 12.2 Å². The first-order valence-corrected chi connectivity index (χ1v) is 6.73. The second-order valence-electron chi connectivity index (χ2n) is 3.55. The number of hydrogen-bond acceptors (Lipinski definition) is 1. The number of hydrogen-bond donors (Lipinski definition) is 0. The van der Waals surface area contributed by atoms with Gasteiger partial charge >= 0.3 is 0 Å². The van der Waals surface area contributed by atoms with E-state index in [2.05, 4.69) is 15.9 Å². The lowest BCUT2D eigenvalue weighted by atomic mass is 10.2. The molecule has 0 aliphatic carbocycles. The Balaban J connectivity index is 2.36. The van der Waals surface area contributed by atoms with E-state index in [-0.39, 0.29) is 0 Å². The molecule has 0 aliphatic heterocycles. The number of carbonyl (C=O) groups excluding carboxylic acids is 1. The third kappa shape index (κ3) is 2.77. The van der Waals surface area contributed by atoms with Crippen molar-refractivity contribution in [1.29, 1.82) is 0 Å². The van der Waals surface area contributed by atoms with E-state index in [1.165, 1.54) is 10.6 Å². The van der Waals surface area contributed by atoms with Crippen LogP contribution in [0.5, 0.6) is 0 Å². The smallest absolute Gasteiger partial charge is 0.195 e. The minimum atomic E-state index is -0.392. The molecule has 0 aliphatic rings. The molecule has 1 heterocycles. The van der Waals surface area contributed by atoms with Crippen LogP contribution in [-0.4, -0.2) is 10.9 Å². The van der Waals surface area contributed by atoms with Crippen molar-refractivity contribution >= 4 is 44.8 Å². The van der Waals surface area contributed by atoms with Crippen LogP contribution < -0.4 is 0 Å². The number of aromatic nitrogens is 1. The zero-order chi connectivity index (χ0) is 12.4. The van der Waals surface area contributed by atoms with E-state index < -0.39 is 5.95 Å². The number of carbonyl (C=O) groups is 1. The number of nitrogens with zero attached hydrogens (tertiary/aromatic N) is 1. The van der Waals surface area contributed by atoms with Crippen LogP contribution in [0.4, 0.5) is 4.39 Å². The molecule has 0 N–H and O–H groups in total. The quantitative estimate of drug-likeness (QED) is 0.559. The molecule has 1 aromatic heterocycles. The van der Waals surface area contributed by atoms with E-state index >= 15 is 0 Å². The predicted octanol–water partition coefficient (Wildman–Crippen LogP) is 3.86. The number of rotatable bonds is 3. The van der Waals surface area contributed by atoms with Gasteiger partial charge in [0, 0.05) is 16.1 Å². The summed E-state index contributed by atoms with van der Waals surface area (Å²) in [4.78, 5) is 10.7. The van der Waals surface area contributed by atoms with Crippen molar-refractivity contribution in [3.8, 4) is 0 Å². The summed E-state index contributed by atoms with van der Waals surface area (Å²) in [6.45, 7) is 0.414. The van der Waals surface area contributed by atoms with Crippen molar-refractivity contribution in [2.24, 2.45) is 0 Å². The Morgan fingerprint density at radius 2 is 2.18 bits per heavy atom. The summed E-state index contributed by atoms with van der Waals surface area (Å²) in [5.41, 5.74) is 1.36. The summed E-state index contributed by atoms with van der Waals surface area (Å²) in [7, 11) is 0. The number of halogens is 3. The van der Waals surface area contributed by atoms with E-state index in [1.54, 1.807) is 0 Å². The SMILES string of the molecule is O=Cc1cc(F)n(Cc2cccc(Br)c2)c1I. The lowest BCUT2D eigenvalue weighted by Gasteiger charge is -2.07. The van der Waals surface area contributed by atoms with Gasteiger partial charge < -0.3 is 4.57 Å². The monoisotopic (exact) mass is 407 g/mol. The first-order valence-electron chi connectivity index (χ1n) is 4.86. The van der Waals surface area contributed by atoms with Crippen LogP contribution in [0.3, 0.4) is 0 Å². The van der Waals surface area contributed by atoms with Gasteiger partial charge in [-0.1, -0.05) is 28.1 Å². The fourth-order valence-corrected chi connectivity index (χ4v) is 2.69. The van der Waals surface area contributed by atoms with E-state index in [1.807, 2.05) is 46.9 Å². The van der Waals surface area contributed by atoms with E-state index in [0.717, 1.165) is 10.0 Å². The minimum Gasteiger partial charge on any atom is -0.308 e. The summed E-state index contributed by atoms with van der Waals surface area (Å²) in [5, 5.41) is 0. The molecule has 0 unspecified atom stereocenters. The van der Waals surface area contributed by atoms with Crippen molar-refractivity contribution in [1.82, 2.24) is 4.57 Å². The fraction of sp³-hybridized carbons (Fsp3) is 0.0833. The second kappa shape index (κ2) is 5.30. The molecule has 2 aromatic rings. The molecule has 0 bridgehead atoms. The van der Waals surface area contributed by atoms with Crippen LogP contribution in [0.1, 0.15) is 15.9 Å². The molecule has 88 valence electrons. The van der Waals surface area contributed by atoms with Gasteiger partial charge in [0.1, 0.15) is 0 Å². The van der Waals surface area contributed by atoms with E-state index in [4.69, 9.17) is 0 Å². The molecular formula is C12H8BrFINO. The Bertz CT molecular complexity index is 568. The number of aldehydes is 1. The predicted molar refractivity (Wildman–Crippen MR) is 75.7 cm³/mol. The highest BCUT2D eigenvalue weighted by atomic mass is 127.